The molecule has 8 heteroatoms. The molecular weight excluding hydrogens is 691 g/mol. The Bertz CT molecular complexity index is 1000. The van der Waals surface area contributed by atoms with Crippen molar-refractivity contribution in [2.24, 2.45) is 0 Å². The molecule has 0 rings (SSSR count). The molecule has 0 aromatic carbocycles. The zero-order valence-electron chi connectivity index (χ0n) is 36.3. The molecule has 2 unspecified atom stereocenters. The van der Waals surface area contributed by atoms with Crippen LogP contribution in [-0.4, -0.2) is 75.5 Å². The average molecular weight is 776 g/mol. The molecular formula is C47H85NO7. The number of allylic oxidation sites excluding steroid dienone is 6. The van der Waals surface area contributed by atoms with Gasteiger partial charge in [0, 0.05) is 19.3 Å². The predicted molar refractivity (Wildman–Crippen MR) is 227 cm³/mol. The van der Waals surface area contributed by atoms with E-state index < -0.39 is 18.1 Å². The molecule has 0 aromatic heterocycles. The lowest BCUT2D eigenvalue weighted by atomic mass is 10.1. The predicted octanol–water partition coefficient (Wildman–Crippen LogP) is 10.9. The van der Waals surface area contributed by atoms with E-state index in [-0.39, 0.29) is 42.7 Å². The molecule has 0 bridgehead atoms. The van der Waals surface area contributed by atoms with Gasteiger partial charge in [-0.25, -0.2) is 0 Å². The topological polar surface area (TPSA) is 102 Å². The highest BCUT2D eigenvalue weighted by molar-refractivity contribution is 5.70. The summed E-state index contributed by atoms with van der Waals surface area (Å²) in [6.07, 6.45) is 43.1. The van der Waals surface area contributed by atoms with Gasteiger partial charge in [-0.15, -0.1) is 0 Å². The Morgan fingerprint density at radius 3 is 1.51 bits per heavy atom. The minimum Gasteiger partial charge on any atom is -0.544 e. The molecule has 0 fully saturated rings. The fourth-order valence-corrected chi connectivity index (χ4v) is 6.51. The summed E-state index contributed by atoms with van der Waals surface area (Å²) in [6, 6.07) is -0.727. The molecule has 0 spiro atoms. The van der Waals surface area contributed by atoms with E-state index >= 15 is 0 Å². The highest BCUT2D eigenvalue weighted by atomic mass is 16.6. The standard InChI is InChI=1S/C47H85NO7/c1-6-8-10-12-14-16-18-20-22-23-24-26-27-29-31-33-35-37-45(49)54-42-43(41-53-40-39-44(47(51)52)48(3,4)5)55-46(50)38-36-34-32-30-28-25-21-19-17-15-13-11-9-7-2/h9,11,15,17,20,22,43-44H,6-8,10,12-14,16,18-19,21,23-42H2,1-5H3/b11-9+,17-15+,22-20+. The summed E-state index contributed by atoms with van der Waals surface area (Å²) in [6.45, 7) is 4.55. The van der Waals surface area contributed by atoms with Crippen molar-refractivity contribution >= 4 is 17.9 Å². The monoisotopic (exact) mass is 776 g/mol. The fraction of sp³-hybridized carbons (Fsp3) is 0.809. The number of likely N-dealkylation sites (N-methyl/N-ethyl adjacent to an activating group) is 1. The summed E-state index contributed by atoms with van der Waals surface area (Å²) in [5.41, 5.74) is 0. The van der Waals surface area contributed by atoms with Crippen LogP contribution in [0, 0.1) is 0 Å². The molecule has 0 aromatic rings. The first-order valence-electron chi connectivity index (χ1n) is 22.5. The lowest BCUT2D eigenvalue weighted by molar-refractivity contribution is -0.889. The van der Waals surface area contributed by atoms with Gasteiger partial charge in [-0.2, -0.15) is 0 Å². The van der Waals surface area contributed by atoms with E-state index in [1.54, 1.807) is 21.1 Å². The van der Waals surface area contributed by atoms with Crippen LogP contribution in [-0.2, 0) is 28.6 Å². The number of ether oxygens (including phenoxy) is 3. The number of carboxylic acid groups (broad SMARTS) is 1. The summed E-state index contributed by atoms with van der Waals surface area (Å²) < 4.78 is 17.2. The largest absolute Gasteiger partial charge is 0.544 e. The molecule has 0 aliphatic carbocycles. The molecule has 0 saturated carbocycles. The summed E-state index contributed by atoms with van der Waals surface area (Å²) >= 11 is 0. The van der Waals surface area contributed by atoms with Gasteiger partial charge in [0.1, 0.15) is 12.6 Å². The highest BCUT2D eigenvalue weighted by Crippen LogP contribution is 2.14. The summed E-state index contributed by atoms with van der Waals surface area (Å²) in [5.74, 6) is -1.75. The third kappa shape index (κ3) is 36.9. The van der Waals surface area contributed by atoms with Gasteiger partial charge in [-0.3, -0.25) is 9.59 Å². The maximum atomic E-state index is 12.7. The van der Waals surface area contributed by atoms with Crippen molar-refractivity contribution in [3.05, 3.63) is 36.5 Å². The van der Waals surface area contributed by atoms with Crippen LogP contribution < -0.4 is 5.11 Å². The Labute approximate surface area is 338 Å². The van der Waals surface area contributed by atoms with E-state index in [0.717, 1.165) is 57.8 Å². The van der Waals surface area contributed by atoms with Crippen molar-refractivity contribution < 1.29 is 38.2 Å². The number of quaternary nitrogens is 1. The van der Waals surface area contributed by atoms with E-state index in [4.69, 9.17) is 14.2 Å². The van der Waals surface area contributed by atoms with Crippen LogP contribution in [0.3, 0.4) is 0 Å². The van der Waals surface area contributed by atoms with E-state index in [2.05, 4.69) is 50.3 Å². The molecule has 0 N–H and O–H groups in total. The van der Waals surface area contributed by atoms with Gasteiger partial charge < -0.3 is 28.6 Å². The smallest absolute Gasteiger partial charge is 0.306 e. The Kier molecular flexibility index (Phi) is 36.7. The number of hydrogen-bond donors (Lipinski definition) is 0. The highest BCUT2D eigenvalue weighted by Gasteiger charge is 2.25. The first-order chi connectivity index (χ1) is 26.6. The Morgan fingerprint density at radius 2 is 1.02 bits per heavy atom. The molecule has 8 nitrogen and oxygen atoms in total. The third-order valence-electron chi connectivity index (χ3n) is 10.0. The van der Waals surface area contributed by atoms with Crippen molar-refractivity contribution in [3.8, 4) is 0 Å². The van der Waals surface area contributed by atoms with Gasteiger partial charge in [-0.1, -0.05) is 147 Å². The van der Waals surface area contributed by atoms with Crippen molar-refractivity contribution in [1.82, 2.24) is 0 Å². The van der Waals surface area contributed by atoms with E-state index in [9.17, 15) is 19.5 Å². The minimum absolute atomic E-state index is 0.0372. The van der Waals surface area contributed by atoms with E-state index in [1.165, 1.54) is 103 Å². The second kappa shape index (κ2) is 38.4. The fourth-order valence-electron chi connectivity index (χ4n) is 6.51. The number of aliphatic carboxylic acids is 1. The first kappa shape index (κ1) is 52.6. The zero-order valence-corrected chi connectivity index (χ0v) is 36.3. The van der Waals surface area contributed by atoms with Crippen LogP contribution in [0.25, 0.3) is 0 Å². The summed E-state index contributed by atoms with van der Waals surface area (Å²) in [7, 11) is 5.40. The number of esters is 2. The van der Waals surface area contributed by atoms with Gasteiger partial charge >= 0.3 is 11.9 Å². The number of carbonyl (C=O) groups is 3. The summed E-state index contributed by atoms with van der Waals surface area (Å²) in [5, 5.41) is 11.6. The number of hydrogen-bond acceptors (Lipinski definition) is 7. The molecule has 2 atom stereocenters. The number of rotatable bonds is 40. The average Bonchev–Trinajstić information content (AvgIpc) is 3.14. The molecule has 0 radical (unpaired) electrons. The van der Waals surface area contributed by atoms with Crippen LogP contribution >= 0.6 is 0 Å². The minimum atomic E-state index is -1.13. The Morgan fingerprint density at radius 1 is 0.564 bits per heavy atom. The summed E-state index contributed by atoms with van der Waals surface area (Å²) in [4.78, 5) is 36.8. The SMILES string of the molecule is CC/C=C/C/C=C/CCCCCCCCCC(=O)OC(COCCC(C(=O)[O-])[N+](C)(C)C)COC(=O)CCCCCCCCC/C=C/CCCCCCCC. The second-order valence-electron chi connectivity index (χ2n) is 16.3. The zero-order chi connectivity index (χ0) is 40.7. The maximum absolute atomic E-state index is 12.7. The van der Waals surface area contributed by atoms with E-state index in [1.807, 2.05) is 0 Å². The third-order valence-corrected chi connectivity index (χ3v) is 10.0. The van der Waals surface area contributed by atoms with Gasteiger partial charge in [0.2, 0.25) is 0 Å². The number of carbonyl (C=O) groups excluding carboxylic acids is 3. The number of unbranched alkanes of at least 4 members (excludes halogenated alkanes) is 20. The molecule has 0 aliphatic rings. The molecule has 0 heterocycles. The van der Waals surface area contributed by atoms with Crippen LogP contribution in [0.4, 0.5) is 0 Å². The number of nitrogens with zero attached hydrogens (tertiary/aromatic N) is 1. The number of carboxylic acids is 1. The van der Waals surface area contributed by atoms with Crippen molar-refractivity contribution in [2.75, 3.05) is 41.0 Å². The Balaban J connectivity index is 4.32. The molecule has 0 amide bonds. The van der Waals surface area contributed by atoms with Gasteiger partial charge in [-0.05, 0) is 64.2 Å². The lowest BCUT2D eigenvalue weighted by Gasteiger charge is -2.34. The lowest BCUT2D eigenvalue weighted by Crippen LogP contribution is -2.55. The second-order valence-corrected chi connectivity index (χ2v) is 16.3. The van der Waals surface area contributed by atoms with Crippen LogP contribution in [0.1, 0.15) is 194 Å². The van der Waals surface area contributed by atoms with Crippen LogP contribution in [0.5, 0.6) is 0 Å². The maximum Gasteiger partial charge on any atom is 0.306 e. The van der Waals surface area contributed by atoms with Gasteiger partial charge in [0.25, 0.3) is 0 Å². The Hall–Kier alpha value is -2.45. The first-order valence-corrected chi connectivity index (χ1v) is 22.5. The normalized spacial score (nSPS) is 13.3. The van der Waals surface area contributed by atoms with Crippen molar-refractivity contribution in [1.29, 1.82) is 0 Å². The van der Waals surface area contributed by atoms with Crippen molar-refractivity contribution in [2.45, 2.75) is 206 Å². The van der Waals surface area contributed by atoms with Crippen LogP contribution in [0.15, 0.2) is 36.5 Å². The van der Waals surface area contributed by atoms with Crippen LogP contribution in [0.2, 0.25) is 0 Å². The van der Waals surface area contributed by atoms with E-state index in [0.29, 0.717) is 12.8 Å². The van der Waals surface area contributed by atoms with Crippen molar-refractivity contribution in [3.63, 3.8) is 0 Å². The molecule has 320 valence electrons. The van der Waals surface area contributed by atoms with Gasteiger partial charge in [0.15, 0.2) is 6.10 Å². The molecule has 0 aliphatic heterocycles. The quantitative estimate of drug-likeness (QED) is 0.0264. The van der Waals surface area contributed by atoms with Gasteiger partial charge in [0.05, 0.1) is 40.3 Å². The molecule has 55 heavy (non-hydrogen) atoms. The molecule has 0 saturated heterocycles.